The lowest BCUT2D eigenvalue weighted by atomic mass is 10.2. The van der Waals surface area contributed by atoms with Crippen LogP contribution in [0.5, 0.6) is 5.75 Å². The molecule has 130 valence electrons. The Hall–Kier alpha value is -3.08. The molecule has 0 radical (unpaired) electrons. The number of rotatable bonds is 6. The topological polar surface area (TPSA) is 67.4 Å². The van der Waals surface area contributed by atoms with E-state index in [1.165, 1.54) is 6.08 Å². The Morgan fingerprint density at radius 3 is 2.40 bits per heavy atom. The van der Waals surface area contributed by atoms with Crippen molar-refractivity contribution in [3.63, 3.8) is 0 Å². The highest BCUT2D eigenvalue weighted by atomic mass is 16.5. The molecule has 0 aromatic heterocycles. The monoisotopic (exact) mass is 338 g/mol. The third kappa shape index (κ3) is 5.49. The standard InChI is InChI=1S/C20H22N2O3/c1-14-6-4-5-7-18(14)22-20(24)15(2)21-19(23)13-10-16-8-11-17(25-3)12-9-16/h4-13,15H,1-3H3,(H,21,23)(H,22,24)/b13-10+. The van der Waals surface area contributed by atoms with Crippen molar-refractivity contribution in [1.82, 2.24) is 5.32 Å². The van der Waals surface area contributed by atoms with Crippen LogP contribution in [0.15, 0.2) is 54.6 Å². The van der Waals surface area contributed by atoms with Crippen molar-refractivity contribution in [1.29, 1.82) is 0 Å². The van der Waals surface area contributed by atoms with Crippen molar-refractivity contribution in [2.75, 3.05) is 12.4 Å². The molecule has 0 aliphatic heterocycles. The molecule has 2 N–H and O–H groups in total. The van der Waals surface area contributed by atoms with Gasteiger partial charge in [0.15, 0.2) is 0 Å². The highest BCUT2D eigenvalue weighted by molar-refractivity contribution is 6.00. The molecule has 2 aromatic carbocycles. The SMILES string of the molecule is COc1ccc(/C=C/C(=O)NC(C)C(=O)Nc2ccccc2C)cc1. The van der Waals surface area contributed by atoms with E-state index in [4.69, 9.17) is 4.74 Å². The zero-order valence-corrected chi connectivity index (χ0v) is 14.6. The summed E-state index contributed by atoms with van der Waals surface area (Å²) < 4.78 is 5.08. The number of anilines is 1. The third-order valence-electron chi connectivity index (χ3n) is 3.70. The maximum Gasteiger partial charge on any atom is 0.246 e. The molecule has 2 rings (SSSR count). The fourth-order valence-corrected chi connectivity index (χ4v) is 2.17. The van der Waals surface area contributed by atoms with Crippen LogP contribution in [-0.4, -0.2) is 25.0 Å². The second kappa shape index (κ2) is 8.68. The Kier molecular flexibility index (Phi) is 6.34. The second-order valence-corrected chi connectivity index (χ2v) is 5.64. The van der Waals surface area contributed by atoms with E-state index in [0.29, 0.717) is 0 Å². The van der Waals surface area contributed by atoms with Crippen molar-refractivity contribution in [2.24, 2.45) is 0 Å². The number of aryl methyl sites for hydroxylation is 1. The number of para-hydroxylation sites is 1. The Morgan fingerprint density at radius 1 is 1.08 bits per heavy atom. The number of carbonyl (C=O) groups is 2. The highest BCUT2D eigenvalue weighted by Crippen LogP contribution is 2.14. The summed E-state index contributed by atoms with van der Waals surface area (Å²) in [5.74, 6) is 0.159. The van der Waals surface area contributed by atoms with E-state index >= 15 is 0 Å². The normalized spacial score (nSPS) is 11.8. The number of nitrogens with one attached hydrogen (secondary N) is 2. The Bertz CT molecular complexity index is 767. The molecule has 1 unspecified atom stereocenters. The summed E-state index contributed by atoms with van der Waals surface area (Å²) in [6, 6.07) is 14.2. The average molecular weight is 338 g/mol. The molecule has 2 aromatic rings. The largest absolute Gasteiger partial charge is 0.497 e. The molecule has 0 spiro atoms. The lowest BCUT2D eigenvalue weighted by Crippen LogP contribution is -2.40. The van der Waals surface area contributed by atoms with E-state index in [1.54, 1.807) is 20.1 Å². The molecule has 5 nitrogen and oxygen atoms in total. The van der Waals surface area contributed by atoms with E-state index in [2.05, 4.69) is 10.6 Å². The minimum absolute atomic E-state index is 0.263. The van der Waals surface area contributed by atoms with Crippen LogP contribution in [0.4, 0.5) is 5.69 Å². The fraction of sp³-hybridized carbons (Fsp3) is 0.200. The average Bonchev–Trinajstić information content (AvgIpc) is 2.62. The summed E-state index contributed by atoms with van der Waals surface area (Å²) in [5.41, 5.74) is 2.57. The van der Waals surface area contributed by atoms with Crippen LogP contribution < -0.4 is 15.4 Å². The van der Waals surface area contributed by atoms with Gasteiger partial charge in [-0.1, -0.05) is 30.3 Å². The Balaban J connectivity index is 1.89. The van der Waals surface area contributed by atoms with Crippen LogP contribution >= 0.6 is 0 Å². The van der Waals surface area contributed by atoms with Crippen LogP contribution in [0.2, 0.25) is 0 Å². The first-order valence-electron chi connectivity index (χ1n) is 7.98. The number of hydrogen-bond acceptors (Lipinski definition) is 3. The highest BCUT2D eigenvalue weighted by Gasteiger charge is 2.15. The number of benzene rings is 2. The smallest absolute Gasteiger partial charge is 0.246 e. The molecular formula is C20H22N2O3. The minimum atomic E-state index is -0.646. The van der Waals surface area contributed by atoms with Crippen molar-refractivity contribution >= 4 is 23.6 Å². The Morgan fingerprint density at radius 2 is 1.76 bits per heavy atom. The molecule has 0 saturated carbocycles. The van der Waals surface area contributed by atoms with Gasteiger partial charge in [0, 0.05) is 11.8 Å². The summed E-state index contributed by atoms with van der Waals surface area (Å²) in [7, 11) is 1.60. The lowest BCUT2D eigenvalue weighted by molar-refractivity contribution is -0.123. The van der Waals surface area contributed by atoms with Gasteiger partial charge < -0.3 is 15.4 Å². The van der Waals surface area contributed by atoms with Gasteiger partial charge >= 0.3 is 0 Å². The number of methoxy groups -OCH3 is 1. The summed E-state index contributed by atoms with van der Waals surface area (Å²) in [5, 5.41) is 5.46. The van der Waals surface area contributed by atoms with E-state index in [0.717, 1.165) is 22.6 Å². The lowest BCUT2D eigenvalue weighted by Gasteiger charge is -2.14. The molecular weight excluding hydrogens is 316 g/mol. The molecule has 5 heteroatoms. The maximum absolute atomic E-state index is 12.2. The van der Waals surface area contributed by atoms with Gasteiger partial charge in [-0.15, -0.1) is 0 Å². The third-order valence-corrected chi connectivity index (χ3v) is 3.70. The molecule has 1 atom stereocenters. The van der Waals surface area contributed by atoms with Crippen molar-refractivity contribution in [2.45, 2.75) is 19.9 Å². The summed E-state index contributed by atoms with van der Waals surface area (Å²) in [4.78, 5) is 24.2. The summed E-state index contributed by atoms with van der Waals surface area (Å²) >= 11 is 0. The Labute approximate surface area is 147 Å². The molecule has 2 amide bonds. The predicted molar refractivity (Wildman–Crippen MR) is 99.4 cm³/mol. The van der Waals surface area contributed by atoms with Gasteiger partial charge in [-0.05, 0) is 49.2 Å². The van der Waals surface area contributed by atoms with Crippen LogP contribution in [-0.2, 0) is 9.59 Å². The number of ether oxygens (including phenoxy) is 1. The van der Waals surface area contributed by atoms with Gasteiger partial charge in [0.2, 0.25) is 11.8 Å². The number of amides is 2. The quantitative estimate of drug-likeness (QED) is 0.795. The fourth-order valence-electron chi connectivity index (χ4n) is 2.17. The number of hydrogen-bond donors (Lipinski definition) is 2. The van der Waals surface area contributed by atoms with Gasteiger partial charge in [-0.3, -0.25) is 9.59 Å². The first-order chi connectivity index (χ1) is 12.0. The first kappa shape index (κ1) is 18.3. The van der Waals surface area contributed by atoms with Gasteiger partial charge in [0.05, 0.1) is 7.11 Å². The van der Waals surface area contributed by atoms with Gasteiger partial charge in [-0.2, -0.15) is 0 Å². The van der Waals surface area contributed by atoms with Crippen LogP contribution in [0.25, 0.3) is 6.08 Å². The summed E-state index contributed by atoms with van der Waals surface area (Å²) in [6.45, 7) is 3.56. The van der Waals surface area contributed by atoms with Crippen molar-refractivity contribution in [3.05, 3.63) is 65.7 Å². The van der Waals surface area contributed by atoms with E-state index < -0.39 is 6.04 Å². The van der Waals surface area contributed by atoms with Crippen molar-refractivity contribution in [3.8, 4) is 5.75 Å². The van der Waals surface area contributed by atoms with E-state index in [-0.39, 0.29) is 11.8 Å². The van der Waals surface area contributed by atoms with Gasteiger partial charge in [-0.25, -0.2) is 0 Å². The van der Waals surface area contributed by atoms with Crippen LogP contribution in [0.1, 0.15) is 18.1 Å². The zero-order valence-electron chi connectivity index (χ0n) is 14.6. The minimum Gasteiger partial charge on any atom is -0.497 e. The molecule has 0 fully saturated rings. The van der Waals surface area contributed by atoms with Gasteiger partial charge in [0.25, 0.3) is 0 Å². The van der Waals surface area contributed by atoms with Crippen LogP contribution in [0, 0.1) is 6.92 Å². The van der Waals surface area contributed by atoms with Crippen LogP contribution in [0.3, 0.4) is 0 Å². The molecule has 0 aliphatic carbocycles. The summed E-state index contributed by atoms with van der Waals surface area (Å²) in [6.07, 6.45) is 3.08. The molecule has 0 bridgehead atoms. The molecule has 0 heterocycles. The zero-order chi connectivity index (χ0) is 18.2. The molecule has 0 saturated heterocycles. The number of carbonyl (C=O) groups excluding carboxylic acids is 2. The first-order valence-corrected chi connectivity index (χ1v) is 7.98. The van der Waals surface area contributed by atoms with E-state index in [9.17, 15) is 9.59 Å². The van der Waals surface area contributed by atoms with Gasteiger partial charge in [0.1, 0.15) is 11.8 Å². The maximum atomic E-state index is 12.2. The molecule has 25 heavy (non-hydrogen) atoms. The predicted octanol–water partition coefficient (Wildman–Crippen LogP) is 3.16. The molecule has 0 aliphatic rings. The second-order valence-electron chi connectivity index (χ2n) is 5.64. The van der Waals surface area contributed by atoms with E-state index in [1.807, 2.05) is 55.5 Å². The van der Waals surface area contributed by atoms with Crippen molar-refractivity contribution < 1.29 is 14.3 Å².